The van der Waals surface area contributed by atoms with Crippen LogP contribution in [0.5, 0.6) is 11.7 Å². The standard InChI is InChI=1S/C16H21NO3Si/c1-18-13-8-6-12(7-9-13)15-17-14(16(19-2)20-15)10-11-21(3,4)5/h6-11H,1-5H3/b11-10+. The minimum atomic E-state index is -1.29. The molecular weight excluding hydrogens is 282 g/mol. The number of rotatable bonds is 5. The van der Waals surface area contributed by atoms with E-state index in [-0.39, 0.29) is 0 Å². The highest BCUT2D eigenvalue weighted by atomic mass is 28.3. The summed E-state index contributed by atoms with van der Waals surface area (Å²) in [6, 6.07) is 7.58. The van der Waals surface area contributed by atoms with Crippen LogP contribution < -0.4 is 9.47 Å². The first-order chi connectivity index (χ1) is 9.93. The number of aromatic nitrogens is 1. The number of methoxy groups -OCH3 is 2. The Morgan fingerprint density at radius 3 is 2.24 bits per heavy atom. The van der Waals surface area contributed by atoms with E-state index < -0.39 is 8.07 Å². The molecule has 0 fully saturated rings. The van der Waals surface area contributed by atoms with Crippen molar-refractivity contribution in [2.45, 2.75) is 19.6 Å². The van der Waals surface area contributed by atoms with Gasteiger partial charge in [-0.15, -0.1) is 0 Å². The summed E-state index contributed by atoms with van der Waals surface area (Å²) in [5.74, 6) is 1.79. The molecule has 4 nitrogen and oxygen atoms in total. The quantitative estimate of drug-likeness (QED) is 0.775. The van der Waals surface area contributed by atoms with Gasteiger partial charge < -0.3 is 13.9 Å². The van der Waals surface area contributed by atoms with Crippen LogP contribution in [0.4, 0.5) is 0 Å². The molecule has 2 aromatic rings. The summed E-state index contributed by atoms with van der Waals surface area (Å²) in [5, 5.41) is 0. The lowest BCUT2D eigenvalue weighted by molar-refractivity contribution is 0.308. The first kappa shape index (κ1) is 15.4. The number of hydrogen-bond donors (Lipinski definition) is 0. The zero-order valence-corrected chi connectivity index (χ0v) is 14.1. The lowest BCUT2D eigenvalue weighted by Gasteiger charge is -2.07. The maximum Gasteiger partial charge on any atom is 0.312 e. The van der Waals surface area contributed by atoms with Crippen molar-refractivity contribution in [3.63, 3.8) is 0 Å². The molecule has 0 radical (unpaired) electrons. The maximum absolute atomic E-state index is 5.68. The molecule has 0 atom stereocenters. The fourth-order valence-corrected chi connectivity index (χ4v) is 2.41. The molecule has 1 aromatic carbocycles. The van der Waals surface area contributed by atoms with E-state index in [1.54, 1.807) is 14.2 Å². The number of hydrogen-bond acceptors (Lipinski definition) is 4. The molecule has 0 saturated heterocycles. The molecule has 2 rings (SSSR count). The summed E-state index contributed by atoms with van der Waals surface area (Å²) >= 11 is 0. The van der Waals surface area contributed by atoms with Crippen molar-refractivity contribution in [2.24, 2.45) is 0 Å². The number of oxazole rings is 1. The Kier molecular flexibility index (Phi) is 4.52. The van der Waals surface area contributed by atoms with Gasteiger partial charge in [0, 0.05) is 5.56 Å². The molecule has 0 unspecified atom stereocenters. The molecule has 1 heterocycles. The molecule has 0 amide bonds. The Balaban J connectivity index is 2.33. The normalized spacial score (nSPS) is 11.9. The van der Waals surface area contributed by atoms with Gasteiger partial charge in [0.15, 0.2) is 0 Å². The van der Waals surface area contributed by atoms with Gasteiger partial charge in [0.25, 0.3) is 0 Å². The molecule has 21 heavy (non-hydrogen) atoms. The molecule has 0 aliphatic carbocycles. The summed E-state index contributed by atoms with van der Waals surface area (Å²) in [5.41, 5.74) is 3.83. The lowest BCUT2D eigenvalue weighted by atomic mass is 10.2. The van der Waals surface area contributed by atoms with Crippen LogP contribution in [0.25, 0.3) is 17.5 Å². The fourth-order valence-electron chi connectivity index (χ4n) is 1.76. The Morgan fingerprint density at radius 2 is 1.71 bits per heavy atom. The van der Waals surface area contributed by atoms with E-state index >= 15 is 0 Å². The topological polar surface area (TPSA) is 44.5 Å². The van der Waals surface area contributed by atoms with Crippen molar-refractivity contribution in [1.29, 1.82) is 0 Å². The van der Waals surface area contributed by atoms with Crippen LogP contribution in [0.1, 0.15) is 5.69 Å². The zero-order valence-electron chi connectivity index (χ0n) is 13.1. The number of ether oxygens (including phenoxy) is 2. The van der Waals surface area contributed by atoms with E-state index in [1.165, 1.54) is 0 Å². The number of nitrogens with zero attached hydrogens (tertiary/aromatic N) is 1. The van der Waals surface area contributed by atoms with Crippen LogP contribution in [0.3, 0.4) is 0 Å². The van der Waals surface area contributed by atoms with Crippen LogP contribution in [0.2, 0.25) is 19.6 Å². The van der Waals surface area contributed by atoms with Gasteiger partial charge in [0.1, 0.15) is 11.4 Å². The smallest absolute Gasteiger partial charge is 0.312 e. The largest absolute Gasteiger partial charge is 0.497 e. The van der Waals surface area contributed by atoms with Crippen LogP contribution >= 0.6 is 0 Å². The number of benzene rings is 1. The Hall–Kier alpha value is -2.01. The van der Waals surface area contributed by atoms with Crippen LogP contribution in [-0.4, -0.2) is 27.3 Å². The molecule has 0 aliphatic heterocycles. The van der Waals surface area contributed by atoms with Gasteiger partial charge in [0.2, 0.25) is 5.89 Å². The van der Waals surface area contributed by atoms with Crippen LogP contribution in [0.15, 0.2) is 34.4 Å². The molecule has 1 aromatic heterocycles. The van der Waals surface area contributed by atoms with Gasteiger partial charge in [-0.25, -0.2) is 4.98 Å². The lowest BCUT2D eigenvalue weighted by Crippen LogP contribution is -2.15. The van der Waals surface area contributed by atoms with Gasteiger partial charge in [-0.3, -0.25) is 0 Å². The van der Waals surface area contributed by atoms with E-state index in [4.69, 9.17) is 13.9 Å². The highest BCUT2D eigenvalue weighted by Crippen LogP contribution is 2.29. The van der Waals surface area contributed by atoms with E-state index in [0.717, 1.165) is 17.0 Å². The van der Waals surface area contributed by atoms with Gasteiger partial charge in [-0.05, 0) is 30.3 Å². The summed E-state index contributed by atoms with van der Waals surface area (Å²) < 4.78 is 16.1. The Bertz CT molecular complexity index is 624. The molecule has 0 saturated carbocycles. The molecular formula is C16H21NO3Si. The summed E-state index contributed by atoms with van der Waals surface area (Å²) in [4.78, 5) is 4.51. The molecule has 5 heteroatoms. The van der Waals surface area contributed by atoms with Gasteiger partial charge in [-0.2, -0.15) is 0 Å². The summed E-state index contributed by atoms with van der Waals surface area (Å²) in [6.07, 6.45) is 1.99. The summed E-state index contributed by atoms with van der Waals surface area (Å²) in [6.45, 7) is 6.79. The van der Waals surface area contributed by atoms with E-state index in [0.29, 0.717) is 11.8 Å². The first-order valence-electron chi connectivity index (χ1n) is 6.81. The third-order valence-electron chi connectivity index (χ3n) is 2.88. The van der Waals surface area contributed by atoms with Crippen molar-refractivity contribution in [2.75, 3.05) is 14.2 Å². The Labute approximate surface area is 126 Å². The third-order valence-corrected chi connectivity index (χ3v) is 4.05. The molecule has 0 spiro atoms. The van der Waals surface area contributed by atoms with E-state index in [1.807, 2.05) is 30.3 Å². The molecule has 0 bridgehead atoms. The zero-order chi connectivity index (χ0) is 15.5. The third kappa shape index (κ3) is 3.98. The van der Waals surface area contributed by atoms with Crippen molar-refractivity contribution >= 4 is 14.1 Å². The summed E-state index contributed by atoms with van der Waals surface area (Å²) in [7, 11) is 1.94. The van der Waals surface area contributed by atoms with Gasteiger partial charge in [-0.1, -0.05) is 25.3 Å². The first-order valence-corrected chi connectivity index (χ1v) is 10.4. The van der Waals surface area contributed by atoms with Crippen molar-refractivity contribution in [3.05, 3.63) is 35.7 Å². The maximum atomic E-state index is 5.68. The van der Waals surface area contributed by atoms with Crippen LogP contribution in [0, 0.1) is 0 Å². The monoisotopic (exact) mass is 303 g/mol. The average Bonchev–Trinajstić information content (AvgIpc) is 2.88. The predicted molar refractivity (Wildman–Crippen MR) is 87.4 cm³/mol. The Morgan fingerprint density at radius 1 is 1.05 bits per heavy atom. The molecule has 0 aliphatic rings. The second kappa shape index (κ2) is 6.18. The fraction of sp³-hybridized carbons (Fsp3) is 0.312. The van der Waals surface area contributed by atoms with Gasteiger partial charge in [0.05, 0.1) is 22.3 Å². The highest BCUT2D eigenvalue weighted by molar-refractivity contribution is 6.81. The van der Waals surface area contributed by atoms with Gasteiger partial charge >= 0.3 is 5.95 Å². The average molecular weight is 303 g/mol. The van der Waals surface area contributed by atoms with E-state index in [2.05, 4.69) is 30.3 Å². The minimum Gasteiger partial charge on any atom is -0.497 e. The van der Waals surface area contributed by atoms with Crippen molar-refractivity contribution in [3.8, 4) is 23.1 Å². The second-order valence-electron chi connectivity index (χ2n) is 5.82. The SMILES string of the molecule is COc1ccc(-c2nc(/C=C/[Si](C)(C)C)c(OC)o2)cc1. The minimum absolute atomic E-state index is 0.440. The van der Waals surface area contributed by atoms with Crippen LogP contribution in [-0.2, 0) is 0 Å². The van der Waals surface area contributed by atoms with E-state index in [9.17, 15) is 0 Å². The molecule has 0 N–H and O–H groups in total. The second-order valence-corrected chi connectivity index (χ2v) is 10.9. The predicted octanol–water partition coefficient (Wildman–Crippen LogP) is 4.25. The molecule has 112 valence electrons. The van der Waals surface area contributed by atoms with Crippen molar-refractivity contribution < 1.29 is 13.9 Å². The van der Waals surface area contributed by atoms with Crippen molar-refractivity contribution in [1.82, 2.24) is 4.98 Å². The highest BCUT2D eigenvalue weighted by Gasteiger charge is 2.15.